The van der Waals surface area contributed by atoms with E-state index in [1.165, 1.54) is 11.1 Å². The van der Waals surface area contributed by atoms with E-state index >= 15 is 0 Å². The highest BCUT2D eigenvalue weighted by Gasteiger charge is 2.30. The second-order valence-electron chi connectivity index (χ2n) is 5.80. The zero-order chi connectivity index (χ0) is 14.5. The standard InChI is InChI=1S/C16H26N2O/c1-5-10-18(15(19)16(3,4)12-17)11-14-8-6-13(2)7-9-14/h6-9H,5,10-12,17H2,1-4H3. The number of benzene rings is 1. The Hall–Kier alpha value is -1.35. The summed E-state index contributed by atoms with van der Waals surface area (Å²) >= 11 is 0. The number of amides is 1. The molecule has 0 fully saturated rings. The van der Waals surface area contributed by atoms with Crippen LogP contribution in [0.4, 0.5) is 0 Å². The molecule has 0 aromatic heterocycles. The summed E-state index contributed by atoms with van der Waals surface area (Å²) in [7, 11) is 0. The fourth-order valence-electron chi connectivity index (χ4n) is 1.95. The summed E-state index contributed by atoms with van der Waals surface area (Å²) in [4.78, 5) is 14.4. The van der Waals surface area contributed by atoms with Gasteiger partial charge in [-0.3, -0.25) is 4.79 Å². The molecule has 1 aromatic rings. The largest absolute Gasteiger partial charge is 0.338 e. The average molecular weight is 262 g/mol. The van der Waals surface area contributed by atoms with Crippen LogP contribution in [-0.2, 0) is 11.3 Å². The number of nitrogens with two attached hydrogens (primary N) is 1. The van der Waals surface area contributed by atoms with Crippen LogP contribution in [-0.4, -0.2) is 23.9 Å². The van der Waals surface area contributed by atoms with Gasteiger partial charge in [0, 0.05) is 19.6 Å². The molecule has 0 bridgehead atoms. The van der Waals surface area contributed by atoms with Crippen molar-refractivity contribution in [3.63, 3.8) is 0 Å². The molecule has 0 heterocycles. The lowest BCUT2D eigenvalue weighted by Gasteiger charge is -2.31. The van der Waals surface area contributed by atoms with E-state index in [2.05, 4.69) is 38.1 Å². The first kappa shape index (κ1) is 15.7. The summed E-state index contributed by atoms with van der Waals surface area (Å²) in [6.45, 7) is 9.79. The molecule has 0 saturated heterocycles. The third-order valence-electron chi connectivity index (χ3n) is 3.36. The van der Waals surface area contributed by atoms with Crippen molar-refractivity contribution in [2.75, 3.05) is 13.1 Å². The monoisotopic (exact) mass is 262 g/mol. The Morgan fingerprint density at radius 3 is 2.32 bits per heavy atom. The molecule has 0 unspecified atom stereocenters. The molecule has 0 aliphatic heterocycles. The maximum atomic E-state index is 12.5. The molecule has 1 amide bonds. The smallest absolute Gasteiger partial charge is 0.229 e. The summed E-state index contributed by atoms with van der Waals surface area (Å²) in [6.07, 6.45) is 0.957. The Morgan fingerprint density at radius 2 is 1.84 bits per heavy atom. The SMILES string of the molecule is CCCN(Cc1ccc(C)cc1)C(=O)C(C)(C)CN. The highest BCUT2D eigenvalue weighted by molar-refractivity contribution is 5.82. The van der Waals surface area contributed by atoms with E-state index < -0.39 is 5.41 Å². The van der Waals surface area contributed by atoms with Gasteiger partial charge in [0.2, 0.25) is 5.91 Å². The van der Waals surface area contributed by atoms with Crippen molar-refractivity contribution in [2.45, 2.75) is 40.7 Å². The summed E-state index contributed by atoms with van der Waals surface area (Å²) in [5.74, 6) is 0.137. The fraction of sp³-hybridized carbons (Fsp3) is 0.562. The van der Waals surface area contributed by atoms with Crippen LogP contribution < -0.4 is 5.73 Å². The predicted molar refractivity (Wildman–Crippen MR) is 79.7 cm³/mol. The molecule has 3 nitrogen and oxygen atoms in total. The first-order chi connectivity index (χ1) is 8.90. The zero-order valence-electron chi connectivity index (χ0n) is 12.6. The Kier molecular flexibility index (Phi) is 5.55. The Balaban J connectivity index is 2.83. The maximum absolute atomic E-state index is 12.5. The summed E-state index contributed by atoms with van der Waals surface area (Å²) in [5, 5.41) is 0. The molecule has 0 spiro atoms. The molecule has 1 rings (SSSR count). The number of carbonyl (C=O) groups excluding carboxylic acids is 1. The summed E-state index contributed by atoms with van der Waals surface area (Å²) in [6, 6.07) is 8.33. The fourth-order valence-corrected chi connectivity index (χ4v) is 1.95. The number of hydrogen-bond donors (Lipinski definition) is 1. The molecule has 0 aliphatic rings. The average Bonchev–Trinajstić information content (AvgIpc) is 2.40. The molecule has 3 heteroatoms. The van der Waals surface area contributed by atoms with Crippen molar-refractivity contribution in [1.29, 1.82) is 0 Å². The summed E-state index contributed by atoms with van der Waals surface area (Å²) < 4.78 is 0. The Bertz CT molecular complexity index is 409. The number of rotatable bonds is 6. The molecule has 0 radical (unpaired) electrons. The first-order valence-corrected chi connectivity index (χ1v) is 6.95. The van der Waals surface area contributed by atoms with Crippen molar-refractivity contribution in [3.05, 3.63) is 35.4 Å². The van der Waals surface area contributed by atoms with Crippen LogP contribution in [0.5, 0.6) is 0 Å². The molecule has 0 atom stereocenters. The van der Waals surface area contributed by atoms with Gasteiger partial charge in [0.15, 0.2) is 0 Å². The van der Waals surface area contributed by atoms with Gasteiger partial charge in [-0.1, -0.05) is 36.8 Å². The lowest BCUT2D eigenvalue weighted by molar-refractivity contribution is -0.140. The van der Waals surface area contributed by atoms with Gasteiger partial charge in [-0.25, -0.2) is 0 Å². The third-order valence-corrected chi connectivity index (χ3v) is 3.36. The molecular weight excluding hydrogens is 236 g/mol. The zero-order valence-corrected chi connectivity index (χ0v) is 12.6. The van der Waals surface area contributed by atoms with Gasteiger partial charge in [0.1, 0.15) is 0 Å². The van der Waals surface area contributed by atoms with Crippen LogP contribution in [0.25, 0.3) is 0 Å². The number of carbonyl (C=O) groups is 1. The van der Waals surface area contributed by atoms with E-state index in [0.29, 0.717) is 13.1 Å². The van der Waals surface area contributed by atoms with E-state index in [0.717, 1.165) is 13.0 Å². The van der Waals surface area contributed by atoms with E-state index in [9.17, 15) is 4.79 Å². The highest BCUT2D eigenvalue weighted by atomic mass is 16.2. The minimum Gasteiger partial charge on any atom is -0.338 e. The van der Waals surface area contributed by atoms with Crippen LogP contribution in [0.2, 0.25) is 0 Å². The molecular formula is C16H26N2O. The molecule has 19 heavy (non-hydrogen) atoms. The van der Waals surface area contributed by atoms with E-state index in [4.69, 9.17) is 5.73 Å². The van der Waals surface area contributed by atoms with Crippen LogP contribution >= 0.6 is 0 Å². The normalized spacial score (nSPS) is 11.4. The van der Waals surface area contributed by atoms with Gasteiger partial charge in [0.05, 0.1) is 5.41 Å². The predicted octanol–water partition coefficient (Wildman–Crippen LogP) is 2.72. The lowest BCUT2D eigenvalue weighted by Crippen LogP contribution is -2.44. The van der Waals surface area contributed by atoms with Crippen molar-refractivity contribution in [3.8, 4) is 0 Å². The van der Waals surface area contributed by atoms with Crippen molar-refractivity contribution in [1.82, 2.24) is 4.90 Å². The first-order valence-electron chi connectivity index (χ1n) is 6.95. The van der Waals surface area contributed by atoms with Crippen LogP contribution in [0, 0.1) is 12.3 Å². The second-order valence-corrected chi connectivity index (χ2v) is 5.80. The molecule has 0 saturated carbocycles. The summed E-state index contributed by atoms with van der Waals surface area (Å²) in [5.41, 5.74) is 7.62. The van der Waals surface area contributed by atoms with Crippen LogP contribution in [0.15, 0.2) is 24.3 Å². The van der Waals surface area contributed by atoms with Crippen molar-refractivity contribution in [2.24, 2.45) is 11.1 Å². The van der Waals surface area contributed by atoms with E-state index in [1.54, 1.807) is 0 Å². The molecule has 2 N–H and O–H groups in total. The van der Waals surface area contributed by atoms with Gasteiger partial charge >= 0.3 is 0 Å². The topological polar surface area (TPSA) is 46.3 Å². The molecule has 0 aliphatic carbocycles. The van der Waals surface area contributed by atoms with Gasteiger partial charge in [0.25, 0.3) is 0 Å². The van der Waals surface area contributed by atoms with Crippen molar-refractivity contribution >= 4 is 5.91 Å². The van der Waals surface area contributed by atoms with Crippen molar-refractivity contribution < 1.29 is 4.79 Å². The Morgan fingerprint density at radius 1 is 1.26 bits per heavy atom. The van der Waals surface area contributed by atoms with Gasteiger partial charge in [-0.2, -0.15) is 0 Å². The van der Waals surface area contributed by atoms with E-state index in [1.807, 2.05) is 18.7 Å². The Labute approximate surface area is 116 Å². The van der Waals surface area contributed by atoms with Gasteiger partial charge in [-0.05, 0) is 32.8 Å². The minimum atomic E-state index is -0.486. The maximum Gasteiger partial charge on any atom is 0.229 e. The number of hydrogen-bond acceptors (Lipinski definition) is 2. The second kappa shape index (κ2) is 6.71. The third kappa shape index (κ3) is 4.35. The molecule has 1 aromatic carbocycles. The van der Waals surface area contributed by atoms with Gasteiger partial charge in [-0.15, -0.1) is 0 Å². The number of nitrogens with zero attached hydrogens (tertiary/aromatic N) is 1. The number of aryl methyl sites for hydroxylation is 1. The van der Waals surface area contributed by atoms with Crippen LogP contribution in [0.3, 0.4) is 0 Å². The highest BCUT2D eigenvalue weighted by Crippen LogP contribution is 2.19. The lowest BCUT2D eigenvalue weighted by atomic mass is 9.91. The van der Waals surface area contributed by atoms with E-state index in [-0.39, 0.29) is 5.91 Å². The quantitative estimate of drug-likeness (QED) is 0.857. The van der Waals surface area contributed by atoms with Crippen LogP contribution in [0.1, 0.15) is 38.3 Å². The molecule has 106 valence electrons. The van der Waals surface area contributed by atoms with Gasteiger partial charge < -0.3 is 10.6 Å². The minimum absolute atomic E-state index is 0.137.